The molecule has 0 saturated carbocycles. The maximum atomic E-state index is 10.6. The fraction of sp³-hybridized carbons (Fsp3) is 0.636. The van der Waals surface area contributed by atoms with Crippen LogP contribution in [-0.4, -0.2) is 113 Å². The highest BCUT2D eigenvalue weighted by molar-refractivity contribution is 5.73. The number of likely N-dealkylation sites (tertiary alicyclic amines) is 1. The molecule has 236 valence electrons. The summed E-state index contributed by atoms with van der Waals surface area (Å²) in [6.45, 7) is 5.29. The van der Waals surface area contributed by atoms with Crippen molar-refractivity contribution in [1.82, 2.24) is 14.8 Å². The van der Waals surface area contributed by atoms with Gasteiger partial charge in [-0.25, -0.2) is 14.4 Å². The van der Waals surface area contributed by atoms with Gasteiger partial charge in [0.2, 0.25) is 0 Å². The predicted molar refractivity (Wildman–Crippen MR) is 120 cm³/mol. The number of rotatable bonds is 4. The minimum absolute atomic E-state index is 0.437. The Morgan fingerprint density at radius 2 is 1.39 bits per heavy atom. The first-order chi connectivity index (χ1) is 18.6. The summed E-state index contributed by atoms with van der Waals surface area (Å²) < 4.78 is 101. The highest BCUT2D eigenvalue weighted by Gasteiger charge is 2.41. The highest BCUT2D eigenvalue weighted by atomic mass is 19.4. The van der Waals surface area contributed by atoms with Crippen molar-refractivity contribution < 1.29 is 74.0 Å². The summed E-state index contributed by atoms with van der Waals surface area (Å²) in [7, 11) is 4.26. The third-order valence-corrected chi connectivity index (χ3v) is 5.26. The fourth-order valence-corrected chi connectivity index (χ4v) is 3.57. The number of pyridine rings is 1. The molecule has 3 rings (SSSR count). The molecular weight excluding hydrogens is 589 g/mol. The third-order valence-electron chi connectivity index (χ3n) is 5.26. The maximum Gasteiger partial charge on any atom is 0.490 e. The Hall–Kier alpha value is -3.19. The number of carboxylic acid groups (broad SMARTS) is 3. The SMILES string of the molecule is CN(C)C[C@@H]1OC[C@H]2CN(Cc3ccccn3)CC[C@H]21.O=C(O)C(F)(F)F.O=C(O)C(F)(F)F.O=C(O)C(F)(F)F. The largest absolute Gasteiger partial charge is 0.490 e. The fourth-order valence-electron chi connectivity index (χ4n) is 3.57. The summed E-state index contributed by atoms with van der Waals surface area (Å²) in [6, 6.07) is 6.17. The highest BCUT2D eigenvalue weighted by Crippen LogP contribution is 2.35. The van der Waals surface area contributed by atoms with Gasteiger partial charge in [-0.2, -0.15) is 39.5 Å². The number of aromatic nitrogens is 1. The molecule has 2 saturated heterocycles. The number of halogens is 9. The van der Waals surface area contributed by atoms with Gasteiger partial charge in [0.05, 0.1) is 18.4 Å². The van der Waals surface area contributed by atoms with Gasteiger partial charge in [-0.05, 0) is 45.1 Å². The topological polar surface area (TPSA) is 140 Å². The summed E-state index contributed by atoms with van der Waals surface area (Å²) >= 11 is 0. The zero-order chi connectivity index (χ0) is 32.2. The molecule has 41 heavy (non-hydrogen) atoms. The number of hydrogen-bond acceptors (Lipinski definition) is 7. The van der Waals surface area contributed by atoms with Crippen molar-refractivity contribution in [3.05, 3.63) is 30.1 Å². The third kappa shape index (κ3) is 16.0. The molecule has 19 heteroatoms. The van der Waals surface area contributed by atoms with E-state index in [4.69, 9.17) is 34.4 Å². The van der Waals surface area contributed by atoms with Crippen LogP contribution in [0.1, 0.15) is 12.1 Å². The number of hydrogen-bond donors (Lipinski definition) is 3. The standard InChI is InChI=1S/C16H25N3O.3C2HF3O2/c1-18(2)11-16-15-6-8-19(9-13(15)12-20-16)10-14-5-3-4-7-17-14;3*3-2(4,5)1(6)7/h3-5,7,13,15-16H,6,8-12H2,1-2H3;3*(H,6,7)/t13-,15-,16+;;;/m1.../s1. The van der Waals surface area contributed by atoms with E-state index in [1.165, 1.54) is 18.7 Å². The van der Waals surface area contributed by atoms with Crippen molar-refractivity contribution in [2.24, 2.45) is 11.8 Å². The lowest BCUT2D eigenvalue weighted by Crippen LogP contribution is -2.42. The van der Waals surface area contributed by atoms with E-state index in [2.05, 4.69) is 41.0 Å². The van der Waals surface area contributed by atoms with Crippen molar-refractivity contribution >= 4 is 17.9 Å². The Bertz CT molecular complexity index is 902. The maximum absolute atomic E-state index is 10.6. The summed E-state index contributed by atoms with van der Waals surface area (Å²) in [5.74, 6) is -6.82. The number of fused-ring (bicyclic) bond motifs is 1. The molecule has 0 bridgehead atoms. The van der Waals surface area contributed by atoms with Gasteiger partial charge >= 0.3 is 36.4 Å². The molecule has 0 aliphatic carbocycles. The Labute approximate surface area is 227 Å². The van der Waals surface area contributed by atoms with Gasteiger partial charge in [0.25, 0.3) is 0 Å². The molecule has 2 aliphatic rings. The average molecular weight is 617 g/mol. The van der Waals surface area contributed by atoms with E-state index in [-0.39, 0.29) is 0 Å². The molecule has 0 amide bonds. The predicted octanol–water partition coefficient (Wildman–Crippen LogP) is 3.38. The van der Waals surface area contributed by atoms with Crippen molar-refractivity contribution in [1.29, 1.82) is 0 Å². The lowest BCUT2D eigenvalue weighted by molar-refractivity contribution is -0.193. The first-order valence-corrected chi connectivity index (χ1v) is 11.3. The first-order valence-electron chi connectivity index (χ1n) is 11.3. The van der Waals surface area contributed by atoms with Gasteiger partial charge in [0.15, 0.2) is 0 Å². The quantitative estimate of drug-likeness (QED) is 0.431. The van der Waals surface area contributed by atoms with Gasteiger partial charge in [0.1, 0.15) is 0 Å². The van der Waals surface area contributed by atoms with E-state index in [1.54, 1.807) is 0 Å². The number of carbonyl (C=O) groups is 3. The molecule has 2 fully saturated rings. The number of piperidine rings is 1. The minimum Gasteiger partial charge on any atom is -0.475 e. The Balaban J connectivity index is 0.000000631. The van der Waals surface area contributed by atoms with E-state index in [1.807, 2.05) is 12.3 Å². The van der Waals surface area contributed by atoms with E-state index in [0.29, 0.717) is 12.0 Å². The van der Waals surface area contributed by atoms with E-state index >= 15 is 0 Å². The van der Waals surface area contributed by atoms with E-state index in [9.17, 15) is 39.5 Å². The molecule has 3 atom stereocenters. The Kier molecular flexibility index (Phi) is 15.0. The second-order valence-electron chi connectivity index (χ2n) is 8.81. The summed E-state index contributed by atoms with van der Waals surface area (Å²) in [6.07, 6.45) is -11.7. The summed E-state index contributed by atoms with van der Waals surface area (Å²) in [4.78, 5) is 35.9. The van der Waals surface area contributed by atoms with Crippen LogP contribution in [-0.2, 0) is 25.7 Å². The number of carboxylic acids is 3. The van der Waals surface area contributed by atoms with Gasteiger partial charge in [-0.15, -0.1) is 0 Å². The van der Waals surface area contributed by atoms with Crippen LogP contribution in [0.15, 0.2) is 24.4 Å². The normalized spacial score (nSPS) is 20.7. The van der Waals surface area contributed by atoms with Crippen LogP contribution in [0.4, 0.5) is 39.5 Å². The summed E-state index contributed by atoms with van der Waals surface area (Å²) in [5.41, 5.74) is 1.18. The van der Waals surface area contributed by atoms with Crippen LogP contribution in [0.25, 0.3) is 0 Å². The zero-order valence-electron chi connectivity index (χ0n) is 21.5. The molecule has 1 aromatic rings. The van der Waals surface area contributed by atoms with Crippen LogP contribution in [0.2, 0.25) is 0 Å². The number of aliphatic carboxylic acids is 3. The van der Waals surface area contributed by atoms with Gasteiger partial charge < -0.3 is 25.0 Å². The second kappa shape index (κ2) is 16.3. The monoisotopic (exact) mass is 617 g/mol. The number of ether oxygens (including phenoxy) is 1. The van der Waals surface area contributed by atoms with Crippen LogP contribution in [0, 0.1) is 11.8 Å². The lowest BCUT2D eigenvalue weighted by atomic mass is 9.84. The summed E-state index contributed by atoms with van der Waals surface area (Å²) in [5, 5.41) is 21.4. The van der Waals surface area contributed by atoms with Crippen LogP contribution in [0.3, 0.4) is 0 Å². The van der Waals surface area contributed by atoms with E-state index in [0.717, 1.165) is 32.2 Å². The molecule has 2 aliphatic heterocycles. The van der Waals surface area contributed by atoms with Crippen LogP contribution in [0.5, 0.6) is 0 Å². The van der Waals surface area contributed by atoms with Crippen molar-refractivity contribution in [3.8, 4) is 0 Å². The smallest absolute Gasteiger partial charge is 0.475 e. The Morgan fingerprint density at radius 1 is 0.927 bits per heavy atom. The molecule has 3 N–H and O–H groups in total. The molecule has 0 unspecified atom stereocenters. The number of alkyl halides is 9. The molecule has 1 aromatic heterocycles. The minimum atomic E-state index is -5.08. The van der Waals surface area contributed by atoms with Crippen LogP contribution >= 0.6 is 0 Å². The average Bonchev–Trinajstić information content (AvgIpc) is 3.20. The van der Waals surface area contributed by atoms with Gasteiger partial charge in [-0.3, -0.25) is 9.88 Å². The Morgan fingerprint density at radius 3 is 1.76 bits per heavy atom. The molecule has 10 nitrogen and oxygen atoms in total. The number of nitrogens with zero attached hydrogens (tertiary/aromatic N) is 3. The van der Waals surface area contributed by atoms with Gasteiger partial charge in [-0.1, -0.05) is 6.07 Å². The zero-order valence-corrected chi connectivity index (χ0v) is 21.5. The first kappa shape index (κ1) is 37.8. The molecule has 0 aromatic carbocycles. The van der Waals surface area contributed by atoms with Crippen molar-refractivity contribution in [2.75, 3.05) is 40.3 Å². The second-order valence-corrected chi connectivity index (χ2v) is 8.81. The van der Waals surface area contributed by atoms with E-state index < -0.39 is 36.4 Å². The molecular formula is C22H28F9N3O7. The van der Waals surface area contributed by atoms with Crippen LogP contribution < -0.4 is 0 Å². The molecule has 3 heterocycles. The lowest BCUT2D eigenvalue weighted by Gasteiger charge is -2.35. The van der Waals surface area contributed by atoms with Crippen molar-refractivity contribution in [3.63, 3.8) is 0 Å². The molecule has 0 radical (unpaired) electrons. The van der Waals surface area contributed by atoms with Gasteiger partial charge in [0, 0.05) is 31.7 Å². The molecule has 0 spiro atoms. The van der Waals surface area contributed by atoms with Crippen molar-refractivity contribution in [2.45, 2.75) is 37.6 Å². The number of likely N-dealkylation sites (N-methyl/N-ethyl adjacent to an activating group) is 1.